The quantitative estimate of drug-likeness (QED) is 0.528. The largest absolute Gasteiger partial charge is 0.507 e. The first-order chi connectivity index (χ1) is 15.8. The maximum atomic E-state index is 13.6. The molecule has 1 saturated heterocycles. The molecule has 1 atom stereocenters. The van der Waals surface area contributed by atoms with Crippen LogP contribution in [0.1, 0.15) is 36.7 Å². The van der Waals surface area contributed by atoms with Gasteiger partial charge in [0.15, 0.2) is 11.7 Å². The van der Waals surface area contributed by atoms with Crippen molar-refractivity contribution in [2.24, 2.45) is 5.92 Å². The highest BCUT2D eigenvalue weighted by atomic mass is 19.1. The van der Waals surface area contributed by atoms with E-state index in [9.17, 15) is 24.2 Å². The van der Waals surface area contributed by atoms with Gasteiger partial charge in [0.05, 0.1) is 24.9 Å². The van der Waals surface area contributed by atoms with Gasteiger partial charge < -0.3 is 24.1 Å². The van der Waals surface area contributed by atoms with Crippen molar-refractivity contribution in [1.82, 2.24) is 0 Å². The van der Waals surface area contributed by atoms with Gasteiger partial charge in [0.25, 0.3) is 0 Å². The molecule has 7 nitrogen and oxygen atoms in total. The minimum atomic E-state index is -1.12. The summed E-state index contributed by atoms with van der Waals surface area (Å²) in [4.78, 5) is 24.4. The zero-order chi connectivity index (χ0) is 23.5. The number of benzene rings is 2. The summed E-state index contributed by atoms with van der Waals surface area (Å²) < 4.78 is 30.7. The van der Waals surface area contributed by atoms with E-state index in [4.69, 9.17) is 13.9 Å². The molecule has 1 aromatic heterocycles. The summed E-state index contributed by atoms with van der Waals surface area (Å²) in [6.07, 6.45) is 1.94. The molecule has 0 aliphatic carbocycles. The Morgan fingerprint density at radius 2 is 1.94 bits per heavy atom. The number of phenols is 1. The maximum Gasteiger partial charge on any atom is 0.328 e. The molecule has 8 heteroatoms. The van der Waals surface area contributed by atoms with Gasteiger partial charge in [-0.15, -0.1) is 0 Å². The maximum absolute atomic E-state index is 13.6. The molecule has 3 aromatic rings. The summed E-state index contributed by atoms with van der Waals surface area (Å²) in [5.74, 6) is -2.35. The number of phenolic OH excluding ortho intramolecular Hbond substituents is 1. The highest BCUT2D eigenvalue weighted by Gasteiger charge is 2.29. The average Bonchev–Trinajstić information content (AvgIpc) is 2.79. The molecule has 2 N–H and O–H groups in total. The third-order valence-electron chi connectivity index (χ3n) is 5.76. The van der Waals surface area contributed by atoms with E-state index < -0.39 is 24.0 Å². The molecule has 33 heavy (non-hydrogen) atoms. The van der Waals surface area contributed by atoms with Crippen LogP contribution < -0.4 is 5.43 Å². The summed E-state index contributed by atoms with van der Waals surface area (Å²) in [6.45, 7) is 2.15. The number of halogens is 1. The number of para-hydroxylation sites is 1. The number of carboxylic acids is 1. The molecule has 0 amide bonds. The number of hydrogen-bond acceptors (Lipinski definition) is 6. The zero-order valence-corrected chi connectivity index (χ0v) is 17.9. The van der Waals surface area contributed by atoms with Crippen LogP contribution in [-0.4, -0.2) is 29.4 Å². The zero-order valence-electron chi connectivity index (χ0n) is 17.9. The number of hydrogen-bond donors (Lipinski definition) is 2. The number of carboxylic acid groups (broad SMARTS) is 1. The number of rotatable bonds is 6. The predicted molar refractivity (Wildman–Crippen MR) is 117 cm³/mol. The van der Waals surface area contributed by atoms with Gasteiger partial charge in [-0.3, -0.25) is 4.79 Å². The van der Waals surface area contributed by atoms with Crippen LogP contribution in [0.4, 0.5) is 4.39 Å². The number of aromatic hydroxyl groups is 1. The van der Waals surface area contributed by atoms with E-state index >= 15 is 0 Å². The molecule has 1 fully saturated rings. The molecule has 0 bridgehead atoms. The van der Waals surface area contributed by atoms with E-state index in [1.165, 1.54) is 24.5 Å². The third kappa shape index (κ3) is 4.97. The van der Waals surface area contributed by atoms with Crippen LogP contribution in [0.2, 0.25) is 0 Å². The Hall–Kier alpha value is -3.49. The Bertz CT molecular complexity index is 1260. The van der Waals surface area contributed by atoms with Gasteiger partial charge >= 0.3 is 5.97 Å². The molecule has 4 rings (SSSR count). The van der Waals surface area contributed by atoms with Crippen molar-refractivity contribution in [2.45, 2.75) is 25.6 Å². The van der Waals surface area contributed by atoms with E-state index in [1.54, 1.807) is 25.1 Å². The summed E-state index contributed by atoms with van der Waals surface area (Å²) in [7, 11) is 0. The van der Waals surface area contributed by atoms with Crippen molar-refractivity contribution in [3.63, 3.8) is 0 Å². The average molecular weight is 454 g/mol. The summed E-state index contributed by atoms with van der Waals surface area (Å²) in [6, 6.07) is 10.4. The SMILES string of the molecule is CC(C/C(=C\C(=O)O)C1COC(c2ccccc2O)OC1)c1coc2ccc(F)cc2c1=O. The number of aliphatic carboxylic acids is 1. The molecule has 0 radical (unpaired) electrons. The fourth-order valence-corrected chi connectivity index (χ4v) is 4.01. The fraction of sp³-hybridized carbons (Fsp3) is 0.280. The monoisotopic (exact) mass is 454 g/mol. The van der Waals surface area contributed by atoms with Crippen LogP contribution in [-0.2, 0) is 14.3 Å². The lowest BCUT2D eigenvalue weighted by Gasteiger charge is -2.32. The normalized spacial score (nSPS) is 20.0. The van der Waals surface area contributed by atoms with Crippen LogP contribution in [0, 0.1) is 11.7 Å². The van der Waals surface area contributed by atoms with E-state index in [2.05, 4.69) is 0 Å². The smallest absolute Gasteiger partial charge is 0.328 e. The first-order valence-corrected chi connectivity index (χ1v) is 10.5. The molecule has 1 unspecified atom stereocenters. The molecular formula is C25H23FO7. The van der Waals surface area contributed by atoms with Crippen LogP contribution in [0.5, 0.6) is 5.75 Å². The minimum absolute atomic E-state index is 0.0512. The molecule has 0 saturated carbocycles. The van der Waals surface area contributed by atoms with Crippen molar-refractivity contribution in [3.8, 4) is 5.75 Å². The van der Waals surface area contributed by atoms with E-state index in [0.717, 1.165) is 12.1 Å². The Balaban J connectivity index is 1.53. The van der Waals surface area contributed by atoms with E-state index in [1.807, 2.05) is 0 Å². The van der Waals surface area contributed by atoms with E-state index in [-0.39, 0.29) is 47.7 Å². The molecule has 2 aromatic carbocycles. The lowest BCUT2D eigenvalue weighted by atomic mass is 9.87. The van der Waals surface area contributed by atoms with Gasteiger partial charge in [0, 0.05) is 23.1 Å². The third-order valence-corrected chi connectivity index (χ3v) is 5.76. The minimum Gasteiger partial charge on any atom is -0.507 e. The van der Waals surface area contributed by atoms with Gasteiger partial charge in [0.1, 0.15) is 17.1 Å². The highest BCUT2D eigenvalue weighted by molar-refractivity contribution is 5.81. The lowest BCUT2D eigenvalue weighted by Crippen LogP contribution is -2.29. The standard InChI is InChI=1S/C25H23FO7/c1-14(20-13-31-22-7-6-17(26)10-19(22)24(20)30)8-15(9-23(28)29)16-11-32-25(33-12-16)18-4-2-3-5-21(18)27/h2-7,9-10,13-14,16,25,27H,8,11-12H2,1H3,(H,28,29)/b15-9+. The van der Waals surface area contributed by atoms with Crippen LogP contribution >= 0.6 is 0 Å². The van der Waals surface area contributed by atoms with Crippen LogP contribution in [0.25, 0.3) is 11.0 Å². The second kappa shape index (κ2) is 9.56. The first-order valence-electron chi connectivity index (χ1n) is 10.5. The Kier molecular flexibility index (Phi) is 6.57. The number of ether oxygens (including phenoxy) is 2. The molecule has 172 valence electrons. The molecular weight excluding hydrogens is 431 g/mol. The van der Waals surface area contributed by atoms with Gasteiger partial charge in [-0.1, -0.05) is 30.7 Å². The van der Waals surface area contributed by atoms with Gasteiger partial charge in [0.2, 0.25) is 0 Å². The summed E-state index contributed by atoms with van der Waals surface area (Å²) in [5, 5.41) is 19.5. The van der Waals surface area contributed by atoms with Gasteiger partial charge in [-0.05, 0) is 36.6 Å². The van der Waals surface area contributed by atoms with E-state index in [0.29, 0.717) is 16.7 Å². The van der Waals surface area contributed by atoms with Crippen molar-refractivity contribution in [2.75, 3.05) is 13.2 Å². The summed E-state index contributed by atoms with van der Waals surface area (Å²) in [5.41, 5.74) is 1.30. The highest BCUT2D eigenvalue weighted by Crippen LogP contribution is 2.35. The molecule has 1 aliphatic rings. The topological polar surface area (TPSA) is 106 Å². The van der Waals surface area contributed by atoms with Crippen molar-refractivity contribution in [1.29, 1.82) is 0 Å². The summed E-state index contributed by atoms with van der Waals surface area (Å²) >= 11 is 0. The second-order valence-corrected chi connectivity index (χ2v) is 8.08. The van der Waals surface area contributed by atoms with Crippen LogP contribution in [0.15, 0.2) is 69.6 Å². The number of carbonyl (C=O) groups is 1. The Labute approximate surface area is 188 Å². The molecule has 0 spiro atoms. The fourth-order valence-electron chi connectivity index (χ4n) is 4.01. The first kappa shape index (κ1) is 22.7. The Morgan fingerprint density at radius 3 is 2.64 bits per heavy atom. The van der Waals surface area contributed by atoms with Crippen molar-refractivity contribution in [3.05, 3.63) is 87.5 Å². The van der Waals surface area contributed by atoms with Gasteiger partial charge in [-0.2, -0.15) is 0 Å². The van der Waals surface area contributed by atoms with Crippen molar-refractivity contribution >= 4 is 16.9 Å². The molecule has 1 aliphatic heterocycles. The lowest BCUT2D eigenvalue weighted by molar-refractivity contribution is -0.200. The molecule has 2 heterocycles. The predicted octanol–water partition coefficient (Wildman–Crippen LogP) is 4.50. The number of fused-ring (bicyclic) bond motifs is 1. The Morgan fingerprint density at radius 1 is 1.21 bits per heavy atom. The van der Waals surface area contributed by atoms with Crippen molar-refractivity contribution < 1.29 is 33.3 Å². The van der Waals surface area contributed by atoms with Crippen LogP contribution in [0.3, 0.4) is 0 Å². The second-order valence-electron chi connectivity index (χ2n) is 8.08. The van der Waals surface area contributed by atoms with Gasteiger partial charge in [-0.25, -0.2) is 9.18 Å².